The molecular formula is C19H26N4O2. The molecule has 1 fully saturated rings. The van der Waals surface area contributed by atoms with Crippen molar-refractivity contribution in [3.8, 4) is 0 Å². The molecule has 0 aliphatic carbocycles. The van der Waals surface area contributed by atoms with Crippen molar-refractivity contribution in [3.63, 3.8) is 0 Å². The Morgan fingerprint density at radius 3 is 2.96 bits per heavy atom. The maximum Gasteiger partial charge on any atom is 0.254 e. The summed E-state index contributed by atoms with van der Waals surface area (Å²) in [6.07, 6.45) is 4.40. The minimum atomic E-state index is -0.0952. The van der Waals surface area contributed by atoms with Crippen molar-refractivity contribution in [2.75, 3.05) is 26.2 Å². The average Bonchev–Trinajstić information content (AvgIpc) is 3.02. The molecule has 1 unspecified atom stereocenters. The normalized spacial score (nSPS) is 18.7. The average molecular weight is 342 g/mol. The van der Waals surface area contributed by atoms with E-state index in [2.05, 4.69) is 39.6 Å². The summed E-state index contributed by atoms with van der Waals surface area (Å²) in [4.78, 5) is 14.6. The minimum absolute atomic E-state index is 0.0105. The molecule has 1 atom stereocenters. The van der Waals surface area contributed by atoms with E-state index in [9.17, 15) is 4.79 Å². The van der Waals surface area contributed by atoms with Gasteiger partial charge >= 0.3 is 0 Å². The van der Waals surface area contributed by atoms with Crippen LogP contribution in [0.1, 0.15) is 29.3 Å². The van der Waals surface area contributed by atoms with E-state index in [0.717, 1.165) is 39.2 Å². The van der Waals surface area contributed by atoms with Gasteiger partial charge in [-0.3, -0.25) is 14.4 Å². The van der Waals surface area contributed by atoms with Crippen LogP contribution in [-0.2, 0) is 17.8 Å². The lowest BCUT2D eigenvalue weighted by atomic mass is 10.2. The molecule has 2 aromatic rings. The lowest BCUT2D eigenvalue weighted by Gasteiger charge is -2.24. The van der Waals surface area contributed by atoms with E-state index in [0.29, 0.717) is 12.1 Å². The second-order valence-electron chi connectivity index (χ2n) is 6.36. The second-order valence-corrected chi connectivity index (χ2v) is 6.36. The van der Waals surface area contributed by atoms with Crippen molar-refractivity contribution >= 4 is 5.91 Å². The molecule has 1 aliphatic heterocycles. The fourth-order valence-electron chi connectivity index (χ4n) is 3.04. The van der Waals surface area contributed by atoms with Gasteiger partial charge in [0.2, 0.25) is 0 Å². The molecule has 6 heteroatoms. The number of carbonyl (C=O) groups is 1. The standard InChI is InChI=1S/C19H26N4O2/c1-2-23-14-17(11-21-23)19(24)20-12-18-15-22(9-6-10-25-18)13-16-7-4-3-5-8-16/h3-5,7-8,11,14,18H,2,6,9-10,12-13,15H2,1H3,(H,20,24). The van der Waals surface area contributed by atoms with Gasteiger partial charge in [0, 0.05) is 45.5 Å². The molecule has 25 heavy (non-hydrogen) atoms. The lowest BCUT2D eigenvalue weighted by Crippen LogP contribution is -2.39. The molecule has 1 aromatic carbocycles. The third-order valence-corrected chi connectivity index (χ3v) is 4.39. The predicted molar refractivity (Wildman–Crippen MR) is 96.3 cm³/mol. The summed E-state index contributed by atoms with van der Waals surface area (Å²) in [6, 6.07) is 10.5. The van der Waals surface area contributed by atoms with Crippen molar-refractivity contribution in [3.05, 3.63) is 53.9 Å². The Kier molecular flexibility index (Phi) is 6.19. The minimum Gasteiger partial charge on any atom is -0.375 e. The van der Waals surface area contributed by atoms with Crippen LogP contribution in [0.25, 0.3) is 0 Å². The van der Waals surface area contributed by atoms with E-state index in [4.69, 9.17) is 4.74 Å². The molecule has 1 aliphatic rings. The molecule has 1 saturated heterocycles. The molecule has 0 saturated carbocycles. The van der Waals surface area contributed by atoms with Crippen LogP contribution in [0.4, 0.5) is 0 Å². The van der Waals surface area contributed by atoms with Gasteiger partial charge in [-0.1, -0.05) is 30.3 Å². The van der Waals surface area contributed by atoms with Crippen LogP contribution >= 0.6 is 0 Å². The second kappa shape index (κ2) is 8.78. The highest BCUT2D eigenvalue weighted by molar-refractivity contribution is 5.93. The largest absolute Gasteiger partial charge is 0.375 e. The number of nitrogens with zero attached hydrogens (tertiary/aromatic N) is 3. The van der Waals surface area contributed by atoms with E-state index in [1.165, 1.54) is 5.56 Å². The third kappa shape index (κ3) is 5.14. The number of aryl methyl sites for hydroxylation is 1. The SMILES string of the molecule is CCn1cc(C(=O)NCC2CN(Cc3ccccc3)CCCO2)cn1. The van der Waals surface area contributed by atoms with Crippen LogP contribution in [0.15, 0.2) is 42.7 Å². The Hall–Kier alpha value is -2.18. The quantitative estimate of drug-likeness (QED) is 0.871. The lowest BCUT2D eigenvalue weighted by molar-refractivity contribution is 0.0510. The van der Waals surface area contributed by atoms with Crippen molar-refractivity contribution < 1.29 is 9.53 Å². The van der Waals surface area contributed by atoms with Crippen molar-refractivity contribution in [1.29, 1.82) is 0 Å². The number of hydrogen-bond donors (Lipinski definition) is 1. The number of benzene rings is 1. The first-order valence-corrected chi connectivity index (χ1v) is 8.93. The predicted octanol–water partition coefficient (Wildman–Crippen LogP) is 1.92. The van der Waals surface area contributed by atoms with Gasteiger partial charge in [0.05, 0.1) is 17.9 Å². The highest BCUT2D eigenvalue weighted by Crippen LogP contribution is 2.11. The molecule has 1 aromatic heterocycles. The Bertz CT molecular complexity index is 671. The Morgan fingerprint density at radius 2 is 2.20 bits per heavy atom. The fourth-order valence-corrected chi connectivity index (χ4v) is 3.04. The number of rotatable bonds is 6. The number of amides is 1. The summed E-state index contributed by atoms with van der Waals surface area (Å²) in [5.74, 6) is -0.0952. The van der Waals surface area contributed by atoms with Gasteiger partial charge in [0.15, 0.2) is 0 Å². The van der Waals surface area contributed by atoms with Crippen LogP contribution in [0, 0.1) is 0 Å². The summed E-state index contributed by atoms with van der Waals surface area (Å²) >= 11 is 0. The van der Waals surface area contributed by atoms with E-state index in [1.54, 1.807) is 17.1 Å². The van der Waals surface area contributed by atoms with E-state index in [1.807, 2.05) is 13.0 Å². The van der Waals surface area contributed by atoms with Crippen molar-refractivity contribution in [1.82, 2.24) is 20.0 Å². The molecule has 0 bridgehead atoms. The molecule has 2 heterocycles. The van der Waals surface area contributed by atoms with E-state index in [-0.39, 0.29) is 12.0 Å². The topological polar surface area (TPSA) is 59.4 Å². The van der Waals surface area contributed by atoms with Gasteiger partial charge in [-0.05, 0) is 18.9 Å². The Morgan fingerprint density at radius 1 is 1.36 bits per heavy atom. The highest BCUT2D eigenvalue weighted by Gasteiger charge is 2.20. The van der Waals surface area contributed by atoms with Gasteiger partial charge in [-0.2, -0.15) is 5.10 Å². The first-order chi connectivity index (χ1) is 12.2. The number of nitrogens with one attached hydrogen (secondary N) is 1. The zero-order valence-electron chi connectivity index (χ0n) is 14.7. The summed E-state index contributed by atoms with van der Waals surface area (Å²) < 4.78 is 7.65. The number of aromatic nitrogens is 2. The monoisotopic (exact) mass is 342 g/mol. The number of ether oxygens (including phenoxy) is 1. The third-order valence-electron chi connectivity index (χ3n) is 4.39. The molecule has 1 amide bonds. The van der Waals surface area contributed by atoms with Crippen molar-refractivity contribution in [2.24, 2.45) is 0 Å². The fraction of sp³-hybridized carbons (Fsp3) is 0.474. The van der Waals surface area contributed by atoms with Crippen LogP contribution in [0.5, 0.6) is 0 Å². The van der Waals surface area contributed by atoms with Crippen molar-refractivity contribution in [2.45, 2.75) is 32.5 Å². The summed E-state index contributed by atoms with van der Waals surface area (Å²) in [7, 11) is 0. The maximum atomic E-state index is 12.2. The summed E-state index contributed by atoms with van der Waals surface area (Å²) in [5, 5.41) is 7.12. The Balaban J connectivity index is 1.51. The number of hydrogen-bond acceptors (Lipinski definition) is 4. The van der Waals surface area contributed by atoms with Crippen LogP contribution in [0.2, 0.25) is 0 Å². The summed E-state index contributed by atoms with van der Waals surface area (Å²) in [5.41, 5.74) is 1.90. The molecule has 0 radical (unpaired) electrons. The van der Waals surface area contributed by atoms with E-state index >= 15 is 0 Å². The first kappa shape index (κ1) is 17.6. The van der Waals surface area contributed by atoms with Gasteiger partial charge in [0.1, 0.15) is 0 Å². The van der Waals surface area contributed by atoms with Crippen LogP contribution < -0.4 is 5.32 Å². The van der Waals surface area contributed by atoms with Crippen LogP contribution in [0.3, 0.4) is 0 Å². The molecule has 6 nitrogen and oxygen atoms in total. The van der Waals surface area contributed by atoms with Gasteiger partial charge < -0.3 is 10.1 Å². The smallest absolute Gasteiger partial charge is 0.254 e. The zero-order chi connectivity index (χ0) is 17.5. The maximum absolute atomic E-state index is 12.2. The van der Waals surface area contributed by atoms with Crippen LogP contribution in [-0.4, -0.2) is 52.9 Å². The van der Waals surface area contributed by atoms with Gasteiger partial charge in [-0.25, -0.2) is 0 Å². The molecule has 0 spiro atoms. The first-order valence-electron chi connectivity index (χ1n) is 8.93. The molecule has 1 N–H and O–H groups in total. The summed E-state index contributed by atoms with van der Waals surface area (Å²) in [6.45, 7) is 6.76. The van der Waals surface area contributed by atoms with E-state index < -0.39 is 0 Å². The van der Waals surface area contributed by atoms with Gasteiger partial charge in [0.25, 0.3) is 5.91 Å². The highest BCUT2D eigenvalue weighted by atomic mass is 16.5. The number of carbonyl (C=O) groups excluding carboxylic acids is 1. The molecular weight excluding hydrogens is 316 g/mol. The molecule has 3 rings (SSSR count). The molecule has 134 valence electrons. The zero-order valence-corrected chi connectivity index (χ0v) is 14.7. The Labute approximate surface area is 148 Å². The van der Waals surface area contributed by atoms with Gasteiger partial charge in [-0.15, -0.1) is 0 Å².